The lowest BCUT2D eigenvalue weighted by Gasteiger charge is -2.39. The summed E-state index contributed by atoms with van der Waals surface area (Å²) in [5.74, 6) is 1.26. The number of piperazine rings is 1. The first-order valence-corrected chi connectivity index (χ1v) is 10.8. The highest BCUT2D eigenvalue weighted by Gasteiger charge is 2.45. The highest BCUT2D eigenvalue weighted by molar-refractivity contribution is 8.01. The topological polar surface area (TPSA) is 53.8 Å². The van der Waals surface area contributed by atoms with E-state index < -0.39 is 0 Å². The maximum absolute atomic E-state index is 13.5. The van der Waals surface area contributed by atoms with E-state index in [1.54, 1.807) is 28.8 Å². The SMILES string of the molecule is Cc1ccc(C(=O)N2CCN(C(=O)C3(Sc4ccccc4)CCCC3)CC2)o1. The molecule has 148 valence electrons. The molecule has 0 atom stereocenters. The van der Waals surface area contributed by atoms with Crippen LogP contribution in [0.1, 0.15) is 42.0 Å². The van der Waals surface area contributed by atoms with Crippen molar-refractivity contribution in [3.63, 3.8) is 0 Å². The zero-order chi connectivity index (χ0) is 19.6. The number of carbonyl (C=O) groups excluding carboxylic acids is 2. The van der Waals surface area contributed by atoms with Crippen LogP contribution in [0.3, 0.4) is 0 Å². The summed E-state index contributed by atoms with van der Waals surface area (Å²) in [6.45, 7) is 4.11. The number of carbonyl (C=O) groups is 2. The second-order valence-corrected chi connectivity index (χ2v) is 9.07. The van der Waals surface area contributed by atoms with Crippen LogP contribution in [0.5, 0.6) is 0 Å². The van der Waals surface area contributed by atoms with E-state index in [9.17, 15) is 9.59 Å². The van der Waals surface area contributed by atoms with Gasteiger partial charge in [-0.25, -0.2) is 0 Å². The van der Waals surface area contributed by atoms with Gasteiger partial charge in [-0.05, 0) is 44.0 Å². The number of amides is 2. The Hall–Kier alpha value is -2.21. The number of hydrogen-bond acceptors (Lipinski definition) is 4. The molecule has 2 fully saturated rings. The molecule has 5 nitrogen and oxygen atoms in total. The Morgan fingerprint density at radius 1 is 0.929 bits per heavy atom. The number of hydrogen-bond donors (Lipinski definition) is 0. The van der Waals surface area contributed by atoms with E-state index in [1.807, 2.05) is 30.0 Å². The first-order chi connectivity index (χ1) is 13.6. The standard InChI is InChI=1S/C22H26N2O3S/c1-17-9-10-19(27-17)20(25)23-13-15-24(16-14-23)21(26)22(11-5-6-12-22)28-18-7-3-2-4-8-18/h2-4,7-10H,5-6,11-16H2,1H3. The Labute approximate surface area is 170 Å². The molecular formula is C22H26N2O3S. The van der Waals surface area contributed by atoms with Gasteiger partial charge in [-0.1, -0.05) is 31.0 Å². The Morgan fingerprint density at radius 3 is 2.18 bits per heavy atom. The summed E-state index contributed by atoms with van der Waals surface area (Å²) in [5, 5.41) is 0. The summed E-state index contributed by atoms with van der Waals surface area (Å²) in [5.41, 5.74) is 0. The van der Waals surface area contributed by atoms with E-state index in [0.29, 0.717) is 31.9 Å². The van der Waals surface area contributed by atoms with Gasteiger partial charge in [0.15, 0.2) is 5.76 Å². The van der Waals surface area contributed by atoms with Gasteiger partial charge in [-0.3, -0.25) is 9.59 Å². The summed E-state index contributed by atoms with van der Waals surface area (Å²) in [6.07, 6.45) is 4.05. The van der Waals surface area contributed by atoms with Crippen molar-refractivity contribution in [3.05, 3.63) is 54.0 Å². The molecule has 0 spiro atoms. The van der Waals surface area contributed by atoms with Crippen molar-refractivity contribution < 1.29 is 14.0 Å². The van der Waals surface area contributed by atoms with Gasteiger partial charge in [0.05, 0.1) is 4.75 Å². The van der Waals surface area contributed by atoms with Gasteiger partial charge in [0.25, 0.3) is 5.91 Å². The molecule has 2 aromatic rings. The predicted molar refractivity (Wildman–Crippen MR) is 109 cm³/mol. The maximum atomic E-state index is 13.5. The highest BCUT2D eigenvalue weighted by Crippen LogP contribution is 2.46. The molecule has 1 saturated heterocycles. The molecule has 0 unspecified atom stereocenters. The van der Waals surface area contributed by atoms with Crippen LogP contribution in [-0.2, 0) is 4.79 Å². The second-order valence-electron chi connectivity index (χ2n) is 7.61. The second kappa shape index (κ2) is 8.03. The normalized spacial score (nSPS) is 19.0. The molecule has 2 aliphatic rings. The van der Waals surface area contributed by atoms with Crippen LogP contribution in [0, 0.1) is 6.92 Å². The number of nitrogens with zero attached hydrogens (tertiary/aromatic N) is 2. The van der Waals surface area contributed by atoms with Gasteiger partial charge >= 0.3 is 0 Å². The molecule has 0 N–H and O–H groups in total. The Kier molecular flexibility index (Phi) is 5.49. The van der Waals surface area contributed by atoms with Crippen LogP contribution in [0.2, 0.25) is 0 Å². The molecule has 28 heavy (non-hydrogen) atoms. The lowest BCUT2D eigenvalue weighted by atomic mass is 10.0. The molecule has 2 amide bonds. The fourth-order valence-electron chi connectivity index (χ4n) is 4.13. The molecule has 1 aliphatic heterocycles. The molecule has 0 radical (unpaired) electrons. The zero-order valence-corrected chi connectivity index (χ0v) is 17.0. The monoisotopic (exact) mass is 398 g/mol. The predicted octanol–water partition coefficient (Wildman–Crippen LogP) is 3.98. The number of furan rings is 1. The summed E-state index contributed by atoms with van der Waals surface area (Å²) in [6, 6.07) is 13.7. The van der Waals surface area contributed by atoms with Gasteiger partial charge < -0.3 is 14.2 Å². The summed E-state index contributed by atoms with van der Waals surface area (Å²) >= 11 is 1.72. The first-order valence-electron chi connectivity index (χ1n) is 9.97. The van der Waals surface area contributed by atoms with E-state index in [-0.39, 0.29) is 16.6 Å². The third kappa shape index (κ3) is 3.83. The lowest BCUT2D eigenvalue weighted by molar-refractivity contribution is -0.135. The van der Waals surface area contributed by atoms with Gasteiger partial charge in [-0.2, -0.15) is 0 Å². The van der Waals surface area contributed by atoms with E-state index in [1.165, 1.54) is 0 Å². The Morgan fingerprint density at radius 2 is 1.57 bits per heavy atom. The number of benzene rings is 1. The zero-order valence-electron chi connectivity index (χ0n) is 16.2. The van der Waals surface area contributed by atoms with Gasteiger partial charge in [-0.15, -0.1) is 11.8 Å². The minimum atomic E-state index is -0.356. The van der Waals surface area contributed by atoms with E-state index in [4.69, 9.17) is 4.42 Å². The third-order valence-electron chi connectivity index (χ3n) is 5.66. The van der Waals surface area contributed by atoms with E-state index in [2.05, 4.69) is 12.1 Å². The summed E-state index contributed by atoms with van der Waals surface area (Å²) in [4.78, 5) is 30.9. The van der Waals surface area contributed by atoms with Gasteiger partial charge in [0, 0.05) is 31.1 Å². The van der Waals surface area contributed by atoms with Gasteiger partial charge in [0.2, 0.25) is 5.91 Å². The number of thioether (sulfide) groups is 1. The van der Waals surface area contributed by atoms with Crippen molar-refractivity contribution in [3.8, 4) is 0 Å². The quantitative estimate of drug-likeness (QED) is 0.782. The molecule has 2 heterocycles. The van der Waals surface area contributed by atoms with E-state index >= 15 is 0 Å². The van der Waals surface area contributed by atoms with Crippen molar-refractivity contribution in [2.45, 2.75) is 42.2 Å². The lowest BCUT2D eigenvalue weighted by Crippen LogP contribution is -2.55. The molecule has 1 aliphatic carbocycles. The van der Waals surface area contributed by atoms with Crippen LogP contribution in [0.25, 0.3) is 0 Å². The van der Waals surface area contributed by atoms with Crippen LogP contribution >= 0.6 is 11.8 Å². The average Bonchev–Trinajstić information content (AvgIpc) is 3.38. The fraction of sp³-hybridized carbons (Fsp3) is 0.455. The average molecular weight is 399 g/mol. The van der Waals surface area contributed by atoms with Crippen molar-refractivity contribution in [2.24, 2.45) is 0 Å². The maximum Gasteiger partial charge on any atom is 0.289 e. The minimum absolute atomic E-state index is 0.0885. The van der Waals surface area contributed by atoms with Crippen molar-refractivity contribution in [1.29, 1.82) is 0 Å². The fourth-order valence-corrected chi connectivity index (χ4v) is 5.58. The number of rotatable bonds is 4. The highest BCUT2D eigenvalue weighted by atomic mass is 32.2. The molecule has 1 saturated carbocycles. The molecule has 0 bridgehead atoms. The molecule has 4 rings (SSSR count). The van der Waals surface area contributed by atoms with Gasteiger partial charge in [0.1, 0.15) is 5.76 Å². The Balaban J connectivity index is 1.41. The minimum Gasteiger partial charge on any atom is -0.456 e. The summed E-state index contributed by atoms with van der Waals surface area (Å²) in [7, 11) is 0. The van der Waals surface area contributed by atoms with Crippen LogP contribution in [-0.4, -0.2) is 52.5 Å². The molecule has 1 aromatic carbocycles. The van der Waals surface area contributed by atoms with Crippen molar-refractivity contribution >= 4 is 23.6 Å². The largest absolute Gasteiger partial charge is 0.456 e. The van der Waals surface area contributed by atoms with Crippen LogP contribution in [0.4, 0.5) is 0 Å². The Bertz CT molecular complexity index is 834. The number of aryl methyl sites for hydroxylation is 1. The van der Waals surface area contributed by atoms with Crippen molar-refractivity contribution in [2.75, 3.05) is 26.2 Å². The van der Waals surface area contributed by atoms with Crippen LogP contribution in [0.15, 0.2) is 51.8 Å². The smallest absolute Gasteiger partial charge is 0.289 e. The molecule has 1 aromatic heterocycles. The van der Waals surface area contributed by atoms with E-state index in [0.717, 1.165) is 36.3 Å². The molecular weight excluding hydrogens is 372 g/mol. The summed E-state index contributed by atoms with van der Waals surface area (Å²) < 4.78 is 5.11. The molecule has 6 heteroatoms. The third-order valence-corrected chi connectivity index (χ3v) is 7.14. The van der Waals surface area contributed by atoms with Crippen LogP contribution < -0.4 is 0 Å². The van der Waals surface area contributed by atoms with Crippen molar-refractivity contribution in [1.82, 2.24) is 9.80 Å². The first kappa shape index (κ1) is 19.1.